The molecule has 142 valence electrons. The van der Waals surface area contributed by atoms with E-state index in [1.165, 1.54) is 11.8 Å². The van der Waals surface area contributed by atoms with Crippen LogP contribution in [0.5, 0.6) is 0 Å². The highest BCUT2D eigenvalue weighted by molar-refractivity contribution is 7.88. The van der Waals surface area contributed by atoms with Crippen LogP contribution in [0.3, 0.4) is 0 Å². The molecule has 0 bridgehead atoms. The maximum Gasteiger partial charge on any atom is 0.209 e. The number of hydrogen-bond donors (Lipinski definition) is 1. The molecule has 6 nitrogen and oxygen atoms in total. The van der Waals surface area contributed by atoms with Crippen molar-refractivity contribution in [2.24, 2.45) is 11.8 Å². The summed E-state index contributed by atoms with van der Waals surface area (Å²) in [6, 6.07) is 8.21. The van der Waals surface area contributed by atoms with Crippen molar-refractivity contribution < 1.29 is 8.42 Å². The van der Waals surface area contributed by atoms with Crippen molar-refractivity contribution in [1.82, 2.24) is 19.4 Å². The molecule has 2 aromatic rings. The summed E-state index contributed by atoms with van der Waals surface area (Å²) in [5.74, 6) is 0.741. The Morgan fingerprint density at radius 2 is 2.08 bits per heavy atom. The standard InChI is InChI=1S/C19H28N4O2S/c1-14(2)18-12-22(13-19(18)21-26(4,24)25)10-16-9-20-23(11-16)17-7-5-6-15(3)8-17/h5-9,11,14,18-19,21H,10,12-13H2,1-4H3/t18-,19+/m1/s1. The van der Waals surface area contributed by atoms with Gasteiger partial charge in [-0.25, -0.2) is 17.8 Å². The summed E-state index contributed by atoms with van der Waals surface area (Å²) < 4.78 is 28.0. The minimum absolute atomic E-state index is 0.0307. The van der Waals surface area contributed by atoms with E-state index in [4.69, 9.17) is 0 Å². The van der Waals surface area contributed by atoms with Gasteiger partial charge in [0, 0.05) is 37.4 Å². The van der Waals surface area contributed by atoms with E-state index in [9.17, 15) is 8.42 Å². The molecule has 2 atom stereocenters. The van der Waals surface area contributed by atoms with Gasteiger partial charge in [-0.3, -0.25) is 4.90 Å². The molecule has 3 rings (SSSR count). The van der Waals surface area contributed by atoms with E-state index in [2.05, 4.69) is 53.8 Å². The number of sulfonamides is 1. The number of nitrogens with zero attached hydrogens (tertiary/aromatic N) is 3. The van der Waals surface area contributed by atoms with Crippen LogP contribution in [0, 0.1) is 18.8 Å². The van der Waals surface area contributed by atoms with Crippen LogP contribution in [-0.4, -0.2) is 48.5 Å². The van der Waals surface area contributed by atoms with Gasteiger partial charge in [0.25, 0.3) is 0 Å². The Hall–Kier alpha value is -1.70. The van der Waals surface area contributed by atoms with Crippen molar-refractivity contribution in [1.29, 1.82) is 0 Å². The predicted octanol–water partition coefficient (Wildman–Crippen LogP) is 2.19. The molecular weight excluding hydrogens is 348 g/mol. The van der Waals surface area contributed by atoms with Crippen LogP contribution < -0.4 is 4.72 Å². The van der Waals surface area contributed by atoms with Crippen LogP contribution in [0.25, 0.3) is 5.69 Å². The number of likely N-dealkylation sites (tertiary alicyclic amines) is 1. The van der Waals surface area contributed by atoms with Crippen molar-refractivity contribution in [3.8, 4) is 5.69 Å². The molecule has 1 aliphatic heterocycles. The van der Waals surface area contributed by atoms with Gasteiger partial charge >= 0.3 is 0 Å². The molecular formula is C19H28N4O2S. The zero-order valence-electron chi connectivity index (χ0n) is 15.9. The minimum atomic E-state index is -3.20. The third-order valence-electron chi connectivity index (χ3n) is 4.97. The lowest BCUT2D eigenvalue weighted by Gasteiger charge is -2.21. The van der Waals surface area contributed by atoms with Crippen molar-refractivity contribution in [3.63, 3.8) is 0 Å². The minimum Gasteiger partial charge on any atom is -0.297 e. The smallest absolute Gasteiger partial charge is 0.209 e. The largest absolute Gasteiger partial charge is 0.297 e. The van der Waals surface area contributed by atoms with Crippen LogP contribution in [0.1, 0.15) is 25.0 Å². The lowest BCUT2D eigenvalue weighted by Crippen LogP contribution is -2.41. The Balaban J connectivity index is 1.69. The van der Waals surface area contributed by atoms with E-state index in [0.29, 0.717) is 11.8 Å². The number of benzene rings is 1. The van der Waals surface area contributed by atoms with Crippen LogP contribution in [0.2, 0.25) is 0 Å². The lowest BCUT2D eigenvalue weighted by atomic mass is 9.92. The van der Waals surface area contributed by atoms with E-state index in [1.807, 2.05) is 23.0 Å². The normalized spacial score (nSPS) is 21.6. The predicted molar refractivity (Wildman–Crippen MR) is 104 cm³/mol. The summed E-state index contributed by atoms with van der Waals surface area (Å²) in [4.78, 5) is 2.31. The van der Waals surface area contributed by atoms with Gasteiger partial charge in [-0.05, 0) is 36.5 Å². The van der Waals surface area contributed by atoms with E-state index >= 15 is 0 Å². The van der Waals surface area contributed by atoms with Gasteiger partial charge in [-0.1, -0.05) is 26.0 Å². The topological polar surface area (TPSA) is 67.2 Å². The molecule has 1 N–H and O–H groups in total. The Kier molecular flexibility index (Phi) is 5.50. The van der Waals surface area contributed by atoms with Crippen molar-refractivity contribution in [2.45, 2.75) is 33.4 Å². The summed E-state index contributed by atoms with van der Waals surface area (Å²) in [5, 5.41) is 4.48. The van der Waals surface area contributed by atoms with Crippen molar-refractivity contribution in [2.75, 3.05) is 19.3 Å². The summed E-state index contributed by atoms with van der Waals surface area (Å²) in [6.45, 7) is 8.77. The SMILES string of the molecule is Cc1cccc(-n2cc(CN3C[C@H](NS(C)(=O)=O)[C@@H](C(C)C)C3)cn2)c1. The van der Waals surface area contributed by atoms with E-state index in [0.717, 1.165) is 30.9 Å². The number of aryl methyl sites for hydroxylation is 1. The number of rotatable bonds is 6. The Labute approximate surface area is 156 Å². The van der Waals surface area contributed by atoms with Crippen LogP contribution in [0.15, 0.2) is 36.7 Å². The maximum atomic E-state index is 11.7. The molecule has 0 spiro atoms. The summed E-state index contributed by atoms with van der Waals surface area (Å²) in [6.07, 6.45) is 5.18. The first kappa shape index (κ1) is 19.1. The molecule has 0 unspecified atom stereocenters. The molecule has 1 aromatic heterocycles. The second kappa shape index (κ2) is 7.50. The number of nitrogens with one attached hydrogen (secondary N) is 1. The Morgan fingerprint density at radius 3 is 2.73 bits per heavy atom. The van der Waals surface area contributed by atoms with Gasteiger partial charge < -0.3 is 0 Å². The Morgan fingerprint density at radius 1 is 1.31 bits per heavy atom. The van der Waals surface area contributed by atoms with Crippen molar-refractivity contribution in [3.05, 3.63) is 47.8 Å². The fraction of sp³-hybridized carbons (Fsp3) is 0.526. The molecule has 1 saturated heterocycles. The van der Waals surface area contributed by atoms with Crippen LogP contribution in [0.4, 0.5) is 0 Å². The van der Waals surface area contributed by atoms with E-state index < -0.39 is 10.0 Å². The highest BCUT2D eigenvalue weighted by Gasteiger charge is 2.36. The molecule has 2 heterocycles. The van der Waals surface area contributed by atoms with Crippen LogP contribution in [-0.2, 0) is 16.6 Å². The quantitative estimate of drug-likeness (QED) is 0.839. The first-order valence-electron chi connectivity index (χ1n) is 9.01. The first-order chi connectivity index (χ1) is 12.2. The summed E-state index contributed by atoms with van der Waals surface area (Å²) >= 11 is 0. The molecule has 0 radical (unpaired) electrons. The van der Waals surface area contributed by atoms with Gasteiger partial charge in [0.2, 0.25) is 10.0 Å². The molecule has 1 fully saturated rings. The molecule has 7 heteroatoms. The molecule has 0 amide bonds. The fourth-order valence-corrected chi connectivity index (χ4v) is 4.53. The third-order valence-corrected chi connectivity index (χ3v) is 5.70. The van der Waals surface area contributed by atoms with E-state index in [1.54, 1.807) is 0 Å². The second-order valence-corrected chi connectivity index (χ2v) is 9.51. The van der Waals surface area contributed by atoms with Gasteiger partial charge in [0.05, 0.1) is 18.1 Å². The summed E-state index contributed by atoms with van der Waals surface area (Å²) in [7, 11) is -3.20. The van der Waals surface area contributed by atoms with Gasteiger partial charge in [0.15, 0.2) is 0 Å². The zero-order chi connectivity index (χ0) is 18.9. The van der Waals surface area contributed by atoms with Gasteiger partial charge in [0.1, 0.15) is 0 Å². The number of hydrogen-bond acceptors (Lipinski definition) is 4. The van der Waals surface area contributed by atoms with Gasteiger partial charge in [-0.2, -0.15) is 5.10 Å². The monoisotopic (exact) mass is 376 g/mol. The van der Waals surface area contributed by atoms with Crippen molar-refractivity contribution >= 4 is 10.0 Å². The average molecular weight is 377 g/mol. The molecule has 1 aliphatic rings. The molecule has 0 aliphatic carbocycles. The highest BCUT2D eigenvalue weighted by Crippen LogP contribution is 2.26. The number of aromatic nitrogens is 2. The summed E-state index contributed by atoms with van der Waals surface area (Å²) in [5.41, 5.74) is 3.39. The maximum absolute atomic E-state index is 11.7. The fourth-order valence-electron chi connectivity index (χ4n) is 3.73. The third kappa shape index (κ3) is 4.72. The second-order valence-electron chi connectivity index (χ2n) is 7.73. The first-order valence-corrected chi connectivity index (χ1v) is 10.9. The van der Waals surface area contributed by atoms with Crippen LogP contribution >= 0.6 is 0 Å². The highest BCUT2D eigenvalue weighted by atomic mass is 32.2. The zero-order valence-corrected chi connectivity index (χ0v) is 16.7. The van der Waals surface area contributed by atoms with Gasteiger partial charge in [-0.15, -0.1) is 0 Å². The Bertz CT molecular complexity index is 860. The molecule has 0 saturated carbocycles. The molecule has 26 heavy (non-hydrogen) atoms. The lowest BCUT2D eigenvalue weighted by molar-refractivity contribution is 0.296. The van der Waals surface area contributed by atoms with E-state index in [-0.39, 0.29) is 6.04 Å². The molecule has 1 aromatic carbocycles. The average Bonchev–Trinajstić information content (AvgIpc) is 3.13.